The van der Waals surface area contributed by atoms with Gasteiger partial charge in [-0.2, -0.15) is 0 Å². The first-order chi connectivity index (χ1) is 15.9. The van der Waals surface area contributed by atoms with Crippen LogP contribution >= 0.6 is 15.9 Å². The van der Waals surface area contributed by atoms with E-state index in [-0.39, 0.29) is 17.6 Å². The average Bonchev–Trinajstić information content (AvgIpc) is 2.94. The van der Waals surface area contributed by atoms with Gasteiger partial charge in [0.2, 0.25) is 5.91 Å². The quantitative estimate of drug-likeness (QED) is 0.426. The third-order valence-corrected chi connectivity index (χ3v) is 7.03. The zero-order chi connectivity index (χ0) is 23.1. The molecule has 0 bridgehead atoms. The van der Waals surface area contributed by atoms with Crippen LogP contribution in [0.25, 0.3) is 0 Å². The summed E-state index contributed by atoms with van der Waals surface area (Å²) in [5.74, 6) is 0.0693. The summed E-state index contributed by atoms with van der Waals surface area (Å²) >= 11 is 3.56. The van der Waals surface area contributed by atoms with Crippen molar-refractivity contribution in [2.45, 2.75) is 38.6 Å². The highest BCUT2D eigenvalue weighted by atomic mass is 79.9. The fraction of sp³-hybridized carbons (Fsp3) is 0.214. The lowest BCUT2D eigenvalue weighted by atomic mass is 9.78. The number of carbonyl (C=O) groups excluding carboxylic acids is 2. The summed E-state index contributed by atoms with van der Waals surface area (Å²) in [4.78, 5) is 28.6. The van der Waals surface area contributed by atoms with Crippen molar-refractivity contribution >= 4 is 39.0 Å². The van der Waals surface area contributed by atoms with Crippen molar-refractivity contribution in [3.63, 3.8) is 0 Å². The van der Waals surface area contributed by atoms with Crippen LogP contribution in [0.4, 0.5) is 11.4 Å². The molecule has 0 unspecified atom stereocenters. The molecule has 0 saturated carbocycles. The van der Waals surface area contributed by atoms with Gasteiger partial charge < -0.3 is 5.32 Å². The molecule has 33 heavy (non-hydrogen) atoms. The number of para-hydroxylation sites is 2. The highest BCUT2D eigenvalue weighted by Crippen LogP contribution is 2.47. The van der Waals surface area contributed by atoms with E-state index in [1.165, 1.54) is 0 Å². The summed E-state index contributed by atoms with van der Waals surface area (Å²) in [6.07, 6.45) is 1.13. The van der Waals surface area contributed by atoms with Gasteiger partial charge in [-0.1, -0.05) is 70.0 Å². The molecule has 2 atom stereocenters. The Kier molecular flexibility index (Phi) is 5.67. The highest BCUT2D eigenvalue weighted by molar-refractivity contribution is 9.10. The van der Waals surface area contributed by atoms with E-state index in [2.05, 4.69) is 33.4 Å². The fourth-order valence-electron chi connectivity index (χ4n) is 5.00. The molecule has 5 rings (SSSR count). The van der Waals surface area contributed by atoms with Crippen LogP contribution in [0.2, 0.25) is 0 Å². The fourth-order valence-corrected chi connectivity index (χ4v) is 5.42. The van der Waals surface area contributed by atoms with Gasteiger partial charge in [0.1, 0.15) is 0 Å². The van der Waals surface area contributed by atoms with Crippen molar-refractivity contribution in [2.75, 3.05) is 10.2 Å². The number of fused-ring (bicyclic) bond motifs is 1. The largest absolute Gasteiger partial charge is 0.357 e. The van der Waals surface area contributed by atoms with Gasteiger partial charge in [0.15, 0.2) is 5.78 Å². The van der Waals surface area contributed by atoms with Crippen molar-refractivity contribution in [2.24, 2.45) is 0 Å². The Morgan fingerprint density at radius 3 is 2.45 bits per heavy atom. The molecule has 0 saturated heterocycles. The van der Waals surface area contributed by atoms with Gasteiger partial charge in [0.05, 0.1) is 17.4 Å². The van der Waals surface area contributed by atoms with E-state index in [9.17, 15) is 9.59 Å². The van der Waals surface area contributed by atoms with Crippen LogP contribution < -0.4 is 10.2 Å². The SMILES string of the molecule is CC(=O)N1c2ccccc2NC2=C(C(=O)C[C@@H](c3cccc(Br)c3)C2)[C@H]1c1ccc(C)cc1. The van der Waals surface area contributed by atoms with Crippen LogP contribution in [0.3, 0.4) is 0 Å². The highest BCUT2D eigenvalue weighted by Gasteiger charge is 2.40. The van der Waals surface area contributed by atoms with E-state index in [4.69, 9.17) is 0 Å². The zero-order valence-electron chi connectivity index (χ0n) is 18.6. The average molecular weight is 501 g/mol. The molecule has 3 aromatic carbocycles. The number of halogens is 1. The lowest BCUT2D eigenvalue weighted by Gasteiger charge is -2.34. The number of benzene rings is 3. The zero-order valence-corrected chi connectivity index (χ0v) is 20.2. The molecule has 3 aromatic rings. The summed E-state index contributed by atoms with van der Waals surface area (Å²) in [6, 6.07) is 23.6. The topological polar surface area (TPSA) is 49.4 Å². The molecule has 166 valence electrons. The lowest BCUT2D eigenvalue weighted by molar-refractivity contribution is -0.117. The van der Waals surface area contributed by atoms with E-state index < -0.39 is 6.04 Å². The van der Waals surface area contributed by atoms with Crippen LogP contribution in [0.15, 0.2) is 88.5 Å². The van der Waals surface area contributed by atoms with Gasteiger partial charge in [-0.3, -0.25) is 14.5 Å². The molecule has 2 aliphatic rings. The maximum atomic E-state index is 13.8. The standard InChI is InChI=1S/C28H25BrN2O2/c1-17-10-12-19(13-11-17)28-27-24(30-23-8-3-4-9-25(23)31(28)18(2)32)15-21(16-26(27)33)20-6-5-7-22(29)14-20/h3-14,21,28,30H,15-16H2,1-2H3/t21-,28+/m0/s1. The number of allylic oxidation sites excluding steroid dienone is 1. The van der Waals surface area contributed by atoms with Gasteiger partial charge in [-0.25, -0.2) is 0 Å². The van der Waals surface area contributed by atoms with Crippen LogP contribution in [-0.4, -0.2) is 11.7 Å². The second-order valence-corrected chi connectivity index (χ2v) is 9.74. The Morgan fingerprint density at radius 2 is 1.73 bits per heavy atom. The number of Topliss-reactive ketones (excluding diaryl/α,β-unsaturated/α-hetero) is 1. The lowest BCUT2D eigenvalue weighted by Crippen LogP contribution is -2.37. The third kappa shape index (κ3) is 4.02. The van der Waals surface area contributed by atoms with E-state index in [1.807, 2.05) is 67.6 Å². The van der Waals surface area contributed by atoms with Crippen LogP contribution in [0, 0.1) is 6.92 Å². The van der Waals surface area contributed by atoms with Gasteiger partial charge in [0, 0.05) is 29.1 Å². The Hall–Kier alpha value is -3.18. The summed E-state index contributed by atoms with van der Waals surface area (Å²) in [5, 5.41) is 3.56. The Labute approximate surface area is 202 Å². The monoisotopic (exact) mass is 500 g/mol. The summed E-state index contributed by atoms with van der Waals surface area (Å²) in [6.45, 7) is 3.61. The molecule has 0 fully saturated rings. The van der Waals surface area contributed by atoms with Gasteiger partial charge in [-0.05, 0) is 54.7 Å². The number of ketones is 1. The minimum Gasteiger partial charge on any atom is -0.357 e. The van der Waals surface area contributed by atoms with Gasteiger partial charge in [0.25, 0.3) is 0 Å². The first-order valence-corrected chi connectivity index (χ1v) is 12.0. The normalized spacial score (nSPS) is 20.0. The first-order valence-electron chi connectivity index (χ1n) is 11.2. The number of anilines is 2. The van der Waals surface area contributed by atoms with E-state index in [0.717, 1.165) is 38.2 Å². The second kappa shape index (κ2) is 8.64. The molecule has 1 N–H and O–H groups in total. The Balaban J connectivity index is 1.70. The van der Waals surface area contributed by atoms with Crippen LogP contribution in [0.1, 0.15) is 48.4 Å². The molecule has 1 aliphatic carbocycles. The molecule has 0 radical (unpaired) electrons. The van der Waals surface area contributed by atoms with Crippen molar-refractivity contribution in [3.8, 4) is 0 Å². The number of rotatable bonds is 2. The summed E-state index contributed by atoms with van der Waals surface area (Å²) < 4.78 is 1.01. The molecular weight excluding hydrogens is 476 g/mol. The maximum absolute atomic E-state index is 13.8. The molecule has 4 nitrogen and oxygen atoms in total. The van der Waals surface area contributed by atoms with Crippen LogP contribution in [0.5, 0.6) is 0 Å². The van der Waals surface area contributed by atoms with E-state index in [0.29, 0.717) is 18.4 Å². The maximum Gasteiger partial charge on any atom is 0.224 e. The molecule has 5 heteroatoms. The predicted octanol–water partition coefficient (Wildman–Crippen LogP) is 6.68. The van der Waals surface area contributed by atoms with Crippen LogP contribution in [-0.2, 0) is 9.59 Å². The molecule has 1 aliphatic heterocycles. The summed E-state index contributed by atoms with van der Waals surface area (Å²) in [5.41, 5.74) is 6.44. The predicted molar refractivity (Wildman–Crippen MR) is 135 cm³/mol. The number of hydrogen-bond donors (Lipinski definition) is 1. The summed E-state index contributed by atoms with van der Waals surface area (Å²) in [7, 11) is 0. The molecule has 1 heterocycles. The third-order valence-electron chi connectivity index (χ3n) is 6.54. The number of amides is 1. The Bertz CT molecular complexity index is 1280. The minimum atomic E-state index is -0.467. The minimum absolute atomic E-state index is 0.0796. The number of nitrogens with one attached hydrogen (secondary N) is 1. The van der Waals surface area contributed by atoms with E-state index in [1.54, 1.807) is 11.8 Å². The van der Waals surface area contributed by atoms with Gasteiger partial charge in [-0.15, -0.1) is 0 Å². The van der Waals surface area contributed by atoms with Crippen molar-refractivity contribution in [1.82, 2.24) is 0 Å². The first kappa shape index (κ1) is 21.7. The second-order valence-electron chi connectivity index (χ2n) is 8.82. The molecule has 0 aromatic heterocycles. The number of carbonyl (C=O) groups is 2. The number of aryl methyl sites for hydroxylation is 1. The molecular formula is C28H25BrN2O2. The number of hydrogen-bond acceptors (Lipinski definition) is 3. The molecule has 1 amide bonds. The van der Waals surface area contributed by atoms with Crippen molar-refractivity contribution < 1.29 is 9.59 Å². The van der Waals surface area contributed by atoms with E-state index >= 15 is 0 Å². The number of nitrogens with zero attached hydrogens (tertiary/aromatic N) is 1. The molecule has 0 spiro atoms. The van der Waals surface area contributed by atoms with Crippen molar-refractivity contribution in [3.05, 3.63) is 105 Å². The Morgan fingerprint density at radius 1 is 0.970 bits per heavy atom. The smallest absolute Gasteiger partial charge is 0.224 e. The van der Waals surface area contributed by atoms with Gasteiger partial charge >= 0.3 is 0 Å². The van der Waals surface area contributed by atoms with Crippen molar-refractivity contribution in [1.29, 1.82) is 0 Å².